The molecule has 3 unspecified atom stereocenters. The van der Waals surface area contributed by atoms with Crippen molar-refractivity contribution in [2.75, 3.05) is 6.61 Å². The van der Waals surface area contributed by atoms with E-state index in [1.807, 2.05) is 0 Å². The summed E-state index contributed by atoms with van der Waals surface area (Å²) < 4.78 is 5.88. The van der Waals surface area contributed by atoms with Gasteiger partial charge in [0.05, 0.1) is 25.2 Å². The number of hydrogen-bond acceptors (Lipinski definition) is 5. The van der Waals surface area contributed by atoms with Gasteiger partial charge < -0.3 is 20.3 Å². The van der Waals surface area contributed by atoms with Crippen LogP contribution in [0.3, 0.4) is 0 Å². The molecule has 0 aromatic heterocycles. The fourth-order valence-corrected chi connectivity index (χ4v) is 6.91. The summed E-state index contributed by atoms with van der Waals surface area (Å²) in [7, 11) is 0. The zero-order chi connectivity index (χ0) is 39.6. The number of carbonyl (C=O) groups is 2. The molecule has 0 aromatic carbocycles. The Morgan fingerprint density at radius 3 is 1.46 bits per heavy atom. The average Bonchev–Trinajstić information content (AvgIpc) is 3.16. The van der Waals surface area contributed by atoms with E-state index in [9.17, 15) is 19.8 Å². The molecule has 0 saturated heterocycles. The van der Waals surface area contributed by atoms with Crippen LogP contribution >= 0.6 is 0 Å². The molecule has 0 bridgehead atoms. The van der Waals surface area contributed by atoms with E-state index in [0.717, 1.165) is 83.5 Å². The standard InChI is InChI=1S/C48H89NO5/c1-4-7-10-13-16-19-20-21-22-23-24-25-26-29-30-33-36-39-44(54-48(53)41-38-35-32-28-18-15-12-9-6-3)42-47(52)49-45(43-50)46(51)40-37-34-31-27-17-14-11-8-5-2/h16,19,21-22,24-25,44-46,50-51H,4-15,17-18,20,23,26-43H2,1-3H3,(H,49,52)/b19-16-,22-21-,25-24-. The number of unbranched alkanes of at least 4 members (excludes halogenated alkanes) is 23. The average molecular weight is 760 g/mol. The lowest BCUT2D eigenvalue weighted by molar-refractivity contribution is -0.151. The summed E-state index contributed by atoms with van der Waals surface area (Å²) in [6, 6.07) is -0.703. The van der Waals surface area contributed by atoms with Crippen LogP contribution in [0.1, 0.15) is 233 Å². The SMILES string of the molecule is CCCCC/C=C\C/C=C\C/C=C\CCCCCCC(CC(=O)NC(CO)C(O)CCCCCCCCCCC)OC(=O)CCCCCCCCCCC. The second kappa shape index (κ2) is 42.2. The van der Waals surface area contributed by atoms with Crippen molar-refractivity contribution in [2.45, 2.75) is 251 Å². The maximum Gasteiger partial charge on any atom is 0.306 e. The van der Waals surface area contributed by atoms with Gasteiger partial charge in [0.15, 0.2) is 0 Å². The van der Waals surface area contributed by atoms with Crippen molar-refractivity contribution in [3.63, 3.8) is 0 Å². The molecule has 0 aromatic rings. The van der Waals surface area contributed by atoms with Crippen molar-refractivity contribution in [2.24, 2.45) is 0 Å². The van der Waals surface area contributed by atoms with Crippen molar-refractivity contribution in [1.29, 1.82) is 0 Å². The molecule has 0 aliphatic rings. The molecule has 0 radical (unpaired) electrons. The molecular formula is C48H89NO5. The molecule has 0 saturated carbocycles. The third kappa shape index (κ3) is 37.0. The Labute approximate surface area is 334 Å². The van der Waals surface area contributed by atoms with Gasteiger partial charge in [-0.1, -0.05) is 192 Å². The highest BCUT2D eigenvalue weighted by Crippen LogP contribution is 2.17. The first-order valence-corrected chi connectivity index (χ1v) is 23.2. The minimum absolute atomic E-state index is 0.0651. The second-order valence-corrected chi connectivity index (χ2v) is 15.8. The van der Waals surface area contributed by atoms with E-state index in [0.29, 0.717) is 19.3 Å². The fourth-order valence-electron chi connectivity index (χ4n) is 6.91. The fraction of sp³-hybridized carbons (Fsp3) is 0.833. The lowest BCUT2D eigenvalue weighted by Gasteiger charge is -2.24. The van der Waals surface area contributed by atoms with Crippen LogP contribution in [0.5, 0.6) is 0 Å². The third-order valence-corrected chi connectivity index (χ3v) is 10.5. The van der Waals surface area contributed by atoms with Gasteiger partial charge in [-0.15, -0.1) is 0 Å². The van der Waals surface area contributed by atoms with Crippen LogP contribution in [-0.2, 0) is 14.3 Å². The number of hydrogen-bond donors (Lipinski definition) is 3. The van der Waals surface area contributed by atoms with Crippen molar-refractivity contribution in [1.82, 2.24) is 5.32 Å². The Hall–Kier alpha value is -1.92. The van der Waals surface area contributed by atoms with Crippen LogP contribution in [0.15, 0.2) is 36.5 Å². The first-order chi connectivity index (χ1) is 26.5. The monoisotopic (exact) mass is 760 g/mol. The number of nitrogens with one attached hydrogen (secondary N) is 1. The van der Waals surface area contributed by atoms with Crippen LogP contribution in [0.25, 0.3) is 0 Å². The maximum absolute atomic E-state index is 13.1. The molecule has 0 aliphatic carbocycles. The van der Waals surface area contributed by atoms with Gasteiger partial charge in [-0.3, -0.25) is 9.59 Å². The normalized spacial score (nSPS) is 13.6. The number of ether oxygens (including phenoxy) is 1. The molecule has 6 nitrogen and oxygen atoms in total. The minimum Gasteiger partial charge on any atom is -0.462 e. The molecule has 0 aliphatic heterocycles. The summed E-state index contributed by atoms with van der Waals surface area (Å²) >= 11 is 0. The lowest BCUT2D eigenvalue weighted by atomic mass is 10.0. The number of carbonyl (C=O) groups excluding carboxylic acids is 2. The van der Waals surface area contributed by atoms with E-state index in [1.165, 1.54) is 103 Å². The van der Waals surface area contributed by atoms with E-state index in [-0.39, 0.29) is 24.9 Å². The maximum atomic E-state index is 13.1. The van der Waals surface area contributed by atoms with Crippen molar-refractivity contribution in [3.05, 3.63) is 36.5 Å². The lowest BCUT2D eigenvalue weighted by Crippen LogP contribution is -2.46. The third-order valence-electron chi connectivity index (χ3n) is 10.5. The molecule has 6 heteroatoms. The number of aliphatic hydroxyl groups excluding tert-OH is 2. The first kappa shape index (κ1) is 52.1. The summed E-state index contributed by atoms with van der Waals surface area (Å²) in [5.41, 5.74) is 0. The Morgan fingerprint density at radius 1 is 0.537 bits per heavy atom. The van der Waals surface area contributed by atoms with E-state index >= 15 is 0 Å². The highest BCUT2D eigenvalue weighted by atomic mass is 16.5. The molecular weight excluding hydrogens is 671 g/mol. The highest BCUT2D eigenvalue weighted by Gasteiger charge is 2.24. The minimum atomic E-state index is -0.788. The Bertz CT molecular complexity index is 900. The number of allylic oxidation sites excluding steroid dienone is 6. The summed E-state index contributed by atoms with van der Waals surface area (Å²) in [4.78, 5) is 25.9. The molecule has 0 spiro atoms. The zero-order valence-corrected chi connectivity index (χ0v) is 35.9. The first-order valence-electron chi connectivity index (χ1n) is 23.2. The molecule has 3 N–H and O–H groups in total. The zero-order valence-electron chi connectivity index (χ0n) is 35.9. The van der Waals surface area contributed by atoms with Crippen LogP contribution in [0, 0.1) is 0 Å². The van der Waals surface area contributed by atoms with E-state index in [2.05, 4.69) is 62.5 Å². The van der Waals surface area contributed by atoms with Crippen LogP contribution in [0.2, 0.25) is 0 Å². The summed E-state index contributed by atoms with van der Waals surface area (Å²) in [5, 5.41) is 23.6. The number of esters is 1. The van der Waals surface area contributed by atoms with Gasteiger partial charge in [-0.05, 0) is 64.2 Å². The number of amides is 1. The molecule has 1 amide bonds. The van der Waals surface area contributed by atoms with Gasteiger partial charge in [0, 0.05) is 6.42 Å². The van der Waals surface area contributed by atoms with Crippen LogP contribution in [-0.4, -0.2) is 46.9 Å². The summed E-state index contributed by atoms with van der Waals surface area (Å²) in [6.45, 7) is 6.40. The number of rotatable bonds is 41. The summed E-state index contributed by atoms with van der Waals surface area (Å²) in [5.74, 6) is -0.495. The predicted octanol–water partition coefficient (Wildman–Crippen LogP) is 13.3. The molecule has 316 valence electrons. The Balaban J connectivity index is 4.62. The van der Waals surface area contributed by atoms with E-state index in [1.54, 1.807) is 0 Å². The van der Waals surface area contributed by atoms with Crippen molar-refractivity contribution in [3.8, 4) is 0 Å². The molecule has 0 heterocycles. The van der Waals surface area contributed by atoms with Crippen molar-refractivity contribution < 1.29 is 24.5 Å². The number of aliphatic hydroxyl groups is 2. The Kier molecular flexibility index (Phi) is 40.7. The van der Waals surface area contributed by atoms with Crippen molar-refractivity contribution >= 4 is 11.9 Å². The Morgan fingerprint density at radius 2 is 0.944 bits per heavy atom. The van der Waals surface area contributed by atoms with Crippen LogP contribution < -0.4 is 5.32 Å². The van der Waals surface area contributed by atoms with Gasteiger partial charge in [-0.25, -0.2) is 0 Å². The second-order valence-electron chi connectivity index (χ2n) is 15.8. The van der Waals surface area contributed by atoms with Gasteiger partial charge in [-0.2, -0.15) is 0 Å². The largest absolute Gasteiger partial charge is 0.462 e. The molecule has 54 heavy (non-hydrogen) atoms. The molecule has 3 atom stereocenters. The van der Waals surface area contributed by atoms with Crippen LogP contribution in [0.4, 0.5) is 0 Å². The summed E-state index contributed by atoms with van der Waals surface area (Å²) in [6.07, 6.45) is 47.8. The van der Waals surface area contributed by atoms with Gasteiger partial charge in [0.1, 0.15) is 6.10 Å². The quantitative estimate of drug-likeness (QED) is 0.0328. The topological polar surface area (TPSA) is 95.9 Å². The van der Waals surface area contributed by atoms with Gasteiger partial charge in [0.25, 0.3) is 0 Å². The highest BCUT2D eigenvalue weighted by molar-refractivity contribution is 5.77. The molecule has 0 rings (SSSR count). The van der Waals surface area contributed by atoms with E-state index in [4.69, 9.17) is 4.74 Å². The molecule has 0 fully saturated rings. The van der Waals surface area contributed by atoms with E-state index < -0.39 is 18.2 Å². The smallest absolute Gasteiger partial charge is 0.306 e. The van der Waals surface area contributed by atoms with Gasteiger partial charge >= 0.3 is 5.97 Å². The predicted molar refractivity (Wildman–Crippen MR) is 232 cm³/mol. The van der Waals surface area contributed by atoms with Gasteiger partial charge in [0.2, 0.25) is 5.91 Å².